The molecule has 0 aliphatic rings. The van der Waals surface area contributed by atoms with Crippen LogP contribution in [0, 0.1) is 0 Å². The fourth-order valence-corrected chi connectivity index (χ4v) is 4.82. The van der Waals surface area contributed by atoms with E-state index in [0.717, 1.165) is 26.1 Å². The average molecular weight is 541 g/mol. The largest absolute Gasteiger partial charge is 0.476 e. The van der Waals surface area contributed by atoms with Crippen molar-refractivity contribution < 1.29 is 18.9 Å². The Morgan fingerprint density at radius 3 is 1.39 bits per heavy atom. The minimum Gasteiger partial charge on any atom is -0.476 e. The molecule has 4 heteroatoms. The molecule has 0 heterocycles. The second-order valence-corrected chi connectivity index (χ2v) is 11.1. The molecule has 0 amide bonds. The number of hydrogen-bond donors (Lipinski definition) is 0. The summed E-state index contributed by atoms with van der Waals surface area (Å²) in [4.78, 5) is 0. The monoisotopic (exact) mass is 541 g/mol. The first-order chi connectivity index (χ1) is 18.8. The van der Waals surface area contributed by atoms with E-state index in [9.17, 15) is 0 Å². The Labute approximate surface area is 239 Å². The standard InChI is InChI=1S/C34H68O4/c1-4-6-8-22-27-31-37-34(38-32-28-23-9-7-5-2)29-25-21-19-17-15-13-11-10-12-14-16-18-20-24-26-30-36-33-35-3/h26,30,34H,4-25,27-29,31-33H2,1-3H3. The van der Waals surface area contributed by atoms with Crippen molar-refractivity contribution in [2.24, 2.45) is 0 Å². The zero-order valence-corrected chi connectivity index (χ0v) is 26.2. The molecule has 0 aliphatic heterocycles. The van der Waals surface area contributed by atoms with Crippen LogP contribution in [0.2, 0.25) is 0 Å². The summed E-state index contributed by atoms with van der Waals surface area (Å²) >= 11 is 0. The van der Waals surface area contributed by atoms with Gasteiger partial charge in [-0.15, -0.1) is 0 Å². The lowest BCUT2D eigenvalue weighted by atomic mass is 10.0. The molecule has 228 valence electrons. The van der Waals surface area contributed by atoms with E-state index in [0.29, 0.717) is 6.79 Å². The van der Waals surface area contributed by atoms with Gasteiger partial charge in [0.1, 0.15) is 0 Å². The third-order valence-corrected chi connectivity index (χ3v) is 7.29. The molecule has 4 nitrogen and oxygen atoms in total. The van der Waals surface area contributed by atoms with E-state index in [1.54, 1.807) is 13.4 Å². The van der Waals surface area contributed by atoms with Crippen LogP contribution in [0.5, 0.6) is 0 Å². The van der Waals surface area contributed by atoms with E-state index in [2.05, 4.69) is 19.9 Å². The Hall–Kier alpha value is -0.580. The van der Waals surface area contributed by atoms with E-state index in [4.69, 9.17) is 18.9 Å². The van der Waals surface area contributed by atoms with Crippen LogP contribution in [0.15, 0.2) is 12.3 Å². The van der Waals surface area contributed by atoms with E-state index < -0.39 is 0 Å². The van der Waals surface area contributed by atoms with Crippen molar-refractivity contribution in [2.45, 2.75) is 181 Å². The van der Waals surface area contributed by atoms with Gasteiger partial charge in [0.15, 0.2) is 13.1 Å². The fraction of sp³-hybridized carbons (Fsp3) is 0.941. The lowest BCUT2D eigenvalue weighted by Crippen LogP contribution is -2.19. The highest BCUT2D eigenvalue weighted by molar-refractivity contribution is 4.72. The maximum absolute atomic E-state index is 6.15. The summed E-state index contributed by atoms with van der Waals surface area (Å²) in [6.07, 6.45) is 36.8. The van der Waals surface area contributed by atoms with Gasteiger partial charge < -0.3 is 18.9 Å². The molecule has 0 unspecified atom stereocenters. The summed E-state index contributed by atoms with van der Waals surface area (Å²) in [6, 6.07) is 0. The summed E-state index contributed by atoms with van der Waals surface area (Å²) < 4.78 is 22.3. The van der Waals surface area contributed by atoms with Crippen LogP contribution < -0.4 is 0 Å². The van der Waals surface area contributed by atoms with Crippen molar-refractivity contribution in [1.82, 2.24) is 0 Å². The zero-order valence-electron chi connectivity index (χ0n) is 26.2. The molecule has 0 aromatic heterocycles. The highest BCUT2D eigenvalue weighted by atomic mass is 16.7. The van der Waals surface area contributed by atoms with Crippen LogP contribution >= 0.6 is 0 Å². The van der Waals surface area contributed by atoms with Crippen LogP contribution in [-0.4, -0.2) is 33.4 Å². The molecule has 0 fully saturated rings. The number of hydrogen-bond acceptors (Lipinski definition) is 4. The zero-order chi connectivity index (χ0) is 27.6. The molecule has 0 radical (unpaired) electrons. The number of unbranched alkanes of at least 4 members (excludes halogenated alkanes) is 21. The molecule has 0 saturated heterocycles. The van der Waals surface area contributed by atoms with Gasteiger partial charge >= 0.3 is 0 Å². The third kappa shape index (κ3) is 31.6. The Bertz CT molecular complexity index is 424. The third-order valence-electron chi connectivity index (χ3n) is 7.29. The van der Waals surface area contributed by atoms with Gasteiger partial charge in [0, 0.05) is 20.3 Å². The summed E-state index contributed by atoms with van der Waals surface area (Å²) in [7, 11) is 1.64. The minimum absolute atomic E-state index is 0.0266. The Balaban J connectivity index is 3.59. The SMILES string of the molecule is CCCCCCCOC(CCCCCCCCCCCCCCCC=COCOC)OCCCCCCC. The van der Waals surface area contributed by atoms with Gasteiger partial charge in [0.05, 0.1) is 6.26 Å². The second-order valence-electron chi connectivity index (χ2n) is 11.1. The predicted octanol–water partition coefficient (Wildman–Crippen LogP) is 11.3. The average Bonchev–Trinajstić information content (AvgIpc) is 2.93. The smallest absolute Gasteiger partial charge is 0.187 e. The predicted molar refractivity (Wildman–Crippen MR) is 165 cm³/mol. The van der Waals surface area contributed by atoms with Gasteiger partial charge in [-0.3, -0.25) is 0 Å². The number of ether oxygens (including phenoxy) is 4. The lowest BCUT2D eigenvalue weighted by molar-refractivity contribution is -0.148. The van der Waals surface area contributed by atoms with Crippen LogP contribution in [0.25, 0.3) is 0 Å². The summed E-state index contributed by atoms with van der Waals surface area (Å²) in [6.45, 7) is 6.63. The molecule has 0 N–H and O–H groups in total. The second kappa shape index (κ2) is 34.4. The molecule has 38 heavy (non-hydrogen) atoms. The highest BCUT2D eigenvalue weighted by Crippen LogP contribution is 2.16. The van der Waals surface area contributed by atoms with Crippen molar-refractivity contribution in [3.05, 3.63) is 12.3 Å². The Morgan fingerprint density at radius 2 is 0.921 bits per heavy atom. The van der Waals surface area contributed by atoms with E-state index in [1.165, 1.54) is 148 Å². The first-order valence-electron chi connectivity index (χ1n) is 16.8. The normalized spacial score (nSPS) is 11.8. The Kier molecular flexibility index (Phi) is 33.9. The fourth-order valence-electron chi connectivity index (χ4n) is 4.82. The molecule has 0 spiro atoms. The molecule has 0 aromatic carbocycles. The maximum atomic E-state index is 6.15. The topological polar surface area (TPSA) is 36.9 Å². The van der Waals surface area contributed by atoms with E-state index in [1.807, 2.05) is 0 Å². The maximum Gasteiger partial charge on any atom is 0.187 e. The van der Waals surface area contributed by atoms with Crippen molar-refractivity contribution >= 4 is 0 Å². The van der Waals surface area contributed by atoms with Gasteiger partial charge in [-0.2, -0.15) is 0 Å². The quantitative estimate of drug-likeness (QED) is 0.0471. The molecule has 0 bridgehead atoms. The van der Waals surface area contributed by atoms with Crippen LogP contribution in [0.4, 0.5) is 0 Å². The van der Waals surface area contributed by atoms with Crippen molar-refractivity contribution in [3.8, 4) is 0 Å². The van der Waals surface area contributed by atoms with Gasteiger partial charge in [-0.05, 0) is 44.6 Å². The summed E-state index contributed by atoms with van der Waals surface area (Å²) in [5.74, 6) is 0. The van der Waals surface area contributed by atoms with Crippen LogP contribution in [-0.2, 0) is 18.9 Å². The number of rotatable bonds is 33. The van der Waals surface area contributed by atoms with Crippen molar-refractivity contribution in [3.63, 3.8) is 0 Å². The minimum atomic E-state index is 0.0266. The van der Waals surface area contributed by atoms with Crippen LogP contribution in [0.3, 0.4) is 0 Å². The van der Waals surface area contributed by atoms with E-state index >= 15 is 0 Å². The molecule has 0 atom stereocenters. The first kappa shape index (κ1) is 37.4. The van der Waals surface area contributed by atoms with Gasteiger partial charge in [-0.25, -0.2) is 0 Å². The first-order valence-corrected chi connectivity index (χ1v) is 16.8. The summed E-state index contributed by atoms with van der Waals surface area (Å²) in [5, 5.41) is 0. The van der Waals surface area contributed by atoms with Gasteiger partial charge in [0.25, 0.3) is 0 Å². The number of methoxy groups -OCH3 is 1. The highest BCUT2D eigenvalue weighted by Gasteiger charge is 2.09. The molecular weight excluding hydrogens is 472 g/mol. The van der Waals surface area contributed by atoms with Gasteiger partial charge in [0.2, 0.25) is 0 Å². The Morgan fingerprint density at radius 1 is 0.500 bits per heavy atom. The number of allylic oxidation sites excluding steroid dienone is 1. The molecule has 0 saturated carbocycles. The van der Waals surface area contributed by atoms with Crippen LogP contribution in [0.1, 0.15) is 174 Å². The molecule has 0 aliphatic carbocycles. The molecule has 0 aromatic rings. The molecule has 0 rings (SSSR count). The lowest BCUT2D eigenvalue weighted by Gasteiger charge is -2.19. The van der Waals surface area contributed by atoms with Gasteiger partial charge in [-0.1, -0.05) is 136 Å². The van der Waals surface area contributed by atoms with Crippen molar-refractivity contribution in [2.75, 3.05) is 27.1 Å². The van der Waals surface area contributed by atoms with E-state index in [-0.39, 0.29) is 6.29 Å². The molecular formula is C34H68O4. The van der Waals surface area contributed by atoms with Crippen molar-refractivity contribution in [1.29, 1.82) is 0 Å². The summed E-state index contributed by atoms with van der Waals surface area (Å²) in [5.41, 5.74) is 0.